The number of hydrogen-bond donors (Lipinski definition) is 1. The average molecular weight is 299 g/mol. The van der Waals surface area contributed by atoms with Crippen molar-refractivity contribution in [3.05, 3.63) is 53.6 Å². The topological polar surface area (TPSA) is 66.8 Å². The maximum atomic E-state index is 12.1. The van der Waals surface area contributed by atoms with Crippen LogP contribution in [0, 0.1) is 0 Å². The Morgan fingerprint density at radius 1 is 1.09 bits per heavy atom. The van der Waals surface area contributed by atoms with Crippen LogP contribution in [-0.4, -0.2) is 43.1 Å². The van der Waals surface area contributed by atoms with Gasteiger partial charge in [-0.3, -0.25) is 4.79 Å². The molecule has 0 aliphatic heterocycles. The fourth-order valence-corrected chi connectivity index (χ4v) is 2.23. The van der Waals surface area contributed by atoms with Crippen molar-refractivity contribution in [3.63, 3.8) is 0 Å². The highest BCUT2D eigenvalue weighted by atomic mass is 16.5. The van der Waals surface area contributed by atoms with E-state index in [4.69, 9.17) is 4.74 Å². The molecule has 0 aliphatic carbocycles. The van der Waals surface area contributed by atoms with Crippen LogP contribution in [0.3, 0.4) is 0 Å². The van der Waals surface area contributed by atoms with Crippen molar-refractivity contribution in [2.24, 2.45) is 0 Å². The molecule has 0 atom stereocenters. The van der Waals surface area contributed by atoms with E-state index in [1.165, 1.54) is 18.1 Å². The summed E-state index contributed by atoms with van der Waals surface area (Å²) in [6.45, 7) is 0. The first-order chi connectivity index (χ1) is 10.5. The van der Waals surface area contributed by atoms with E-state index in [0.717, 1.165) is 5.56 Å². The Balaban J connectivity index is 2.58. The molecule has 1 N–H and O–H groups in total. The zero-order valence-corrected chi connectivity index (χ0v) is 12.7. The van der Waals surface area contributed by atoms with Crippen molar-refractivity contribution in [2.75, 3.05) is 21.2 Å². The smallest absolute Gasteiger partial charge is 0.339 e. The second kappa shape index (κ2) is 6.30. The van der Waals surface area contributed by atoms with E-state index in [-0.39, 0.29) is 17.2 Å². The number of carbonyl (C=O) groups excluding carboxylic acids is 1. The number of amides is 1. The fraction of sp³-hybridized carbons (Fsp3) is 0.176. The lowest BCUT2D eigenvalue weighted by atomic mass is 9.99. The summed E-state index contributed by atoms with van der Waals surface area (Å²) >= 11 is 0. The molecule has 0 aliphatic rings. The predicted molar refractivity (Wildman–Crippen MR) is 83.4 cm³/mol. The van der Waals surface area contributed by atoms with Gasteiger partial charge in [-0.1, -0.05) is 24.3 Å². The van der Waals surface area contributed by atoms with E-state index in [1.807, 2.05) is 6.07 Å². The van der Waals surface area contributed by atoms with Gasteiger partial charge in [0, 0.05) is 25.2 Å². The Morgan fingerprint density at radius 3 is 2.36 bits per heavy atom. The van der Waals surface area contributed by atoms with Crippen LogP contribution in [0.25, 0.3) is 11.1 Å². The number of methoxy groups -OCH3 is 1. The minimum atomic E-state index is -1.06. The van der Waals surface area contributed by atoms with Crippen LogP contribution < -0.4 is 4.74 Å². The van der Waals surface area contributed by atoms with Crippen LogP contribution in [0.1, 0.15) is 20.7 Å². The van der Waals surface area contributed by atoms with Crippen LogP contribution in [-0.2, 0) is 0 Å². The Hall–Kier alpha value is -2.82. The molecule has 0 saturated heterocycles. The van der Waals surface area contributed by atoms with E-state index in [9.17, 15) is 14.7 Å². The van der Waals surface area contributed by atoms with E-state index in [2.05, 4.69) is 0 Å². The van der Waals surface area contributed by atoms with Gasteiger partial charge in [-0.05, 0) is 23.8 Å². The van der Waals surface area contributed by atoms with Gasteiger partial charge < -0.3 is 14.7 Å². The molecule has 1 amide bonds. The number of hydrogen-bond acceptors (Lipinski definition) is 3. The summed E-state index contributed by atoms with van der Waals surface area (Å²) in [5.74, 6) is -0.890. The van der Waals surface area contributed by atoms with E-state index >= 15 is 0 Å². The van der Waals surface area contributed by atoms with Crippen molar-refractivity contribution in [2.45, 2.75) is 0 Å². The van der Waals surface area contributed by atoms with Gasteiger partial charge in [0.2, 0.25) is 0 Å². The Labute approximate surface area is 128 Å². The van der Waals surface area contributed by atoms with Crippen molar-refractivity contribution < 1.29 is 19.4 Å². The van der Waals surface area contributed by atoms with Gasteiger partial charge in [0.25, 0.3) is 5.91 Å². The summed E-state index contributed by atoms with van der Waals surface area (Å²) in [5, 5.41) is 9.24. The number of benzene rings is 2. The lowest BCUT2D eigenvalue weighted by Gasteiger charge is -2.14. The molecular formula is C17H17NO4. The number of nitrogens with zero attached hydrogens (tertiary/aromatic N) is 1. The Kier molecular flexibility index (Phi) is 4.46. The molecule has 2 rings (SSSR count). The molecule has 0 fully saturated rings. The van der Waals surface area contributed by atoms with Crippen molar-refractivity contribution >= 4 is 11.9 Å². The normalized spacial score (nSPS) is 10.1. The van der Waals surface area contributed by atoms with Crippen molar-refractivity contribution in [3.8, 4) is 16.9 Å². The van der Waals surface area contributed by atoms with E-state index in [0.29, 0.717) is 11.1 Å². The summed E-state index contributed by atoms with van der Waals surface area (Å²) in [5.41, 5.74) is 1.98. The predicted octanol–water partition coefficient (Wildman–Crippen LogP) is 2.76. The molecular weight excluding hydrogens is 282 g/mol. The second-order valence-electron chi connectivity index (χ2n) is 4.97. The van der Waals surface area contributed by atoms with E-state index < -0.39 is 5.97 Å². The zero-order valence-electron chi connectivity index (χ0n) is 12.7. The molecule has 5 nitrogen and oxygen atoms in total. The highest BCUT2D eigenvalue weighted by Gasteiger charge is 2.17. The summed E-state index contributed by atoms with van der Waals surface area (Å²) in [7, 11) is 4.79. The number of carboxylic acid groups (broad SMARTS) is 1. The van der Waals surface area contributed by atoms with Crippen LogP contribution in [0.2, 0.25) is 0 Å². The first-order valence-electron chi connectivity index (χ1n) is 6.68. The van der Waals surface area contributed by atoms with Gasteiger partial charge in [0.1, 0.15) is 11.3 Å². The van der Waals surface area contributed by atoms with Crippen LogP contribution in [0.4, 0.5) is 0 Å². The van der Waals surface area contributed by atoms with Gasteiger partial charge >= 0.3 is 5.97 Å². The third kappa shape index (κ3) is 2.93. The van der Waals surface area contributed by atoms with Crippen LogP contribution >= 0.6 is 0 Å². The molecule has 0 saturated carbocycles. The maximum Gasteiger partial charge on any atom is 0.339 e. The minimum absolute atomic E-state index is 0.0874. The van der Waals surface area contributed by atoms with Gasteiger partial charge in [-0.25, -0.2) is 4.79 Å². The largest absolute Gasteiger partial charge is 0.495 e. The number of rotatable bonds is 4. The molecule has 2 aromatic rings. The Bertz CT molecular complexity index is 722. The summed E-state index contributed by atoms with van der Waals surface area (Å²) in [6.07, 6.45) is 0. The van der Waals surface area contributed by atoms with Gasteiger partial charge in [0.05, 0.1) is 7.11 Å². The Morgan fingerprint density at radius 2 is 1.77 bits per heavy atom. The molecule has 22 heavy (non-hydrogen) atoms. The number of aromatic carboxylic acids is 1. The standard InChI is InChI=1S/C17H17NO4/c1-18(2)16(19)12-7-4-6-11(10-12)13-8-5-9-14(17(20)21)15(13)22-3/h4-10H,1-3H3,(H,20,21). The van der Waals surface area contributed by atoms with Gasteiger partial charge in [-0.2, -0.15) is 0 Å². The van der Waals surface area contributed by atoms with Crippen LogP contribution in [0.15, 0.2) is 42.5 Å². The summed E-state index contributed by atoms with van der Waals surface area (Å²) in [6, 6.07) is 11.9. The number of carbonyl (C=O) groups is 2. The SMILES string of the molecule is COc1c(C(=O)O)cccc1-c1cccc(C(=O)N(C)C)c1. The molecule has 114 valence electrons. The third-order valence-corrected chi connectivity index (χ3v) is 3.28. The molecule has 0 aromatic heterocycles. The monoisotopic (exact) mass is 299 g/mol. The van der Waals surface area contributed by atoms with Crippen molar-refractivity contribution in [1.29, 1.82) is 0 Å². The molecule has 0 radical (unpaired) electrons. The average Bonchev–Trinajstić information content (AvgIpc) is 2.53. The molecule has 0 unspecified atom stereocenters. The first-order valence-corrected chi connectivity index (χ1v) is 6.68. The maximum absolute atomic E-state index is 12.1. The third-order valence-electron chi connectivity index (χ3n) is 3.28. The second-order valence-corrected chi connectivity index (χ2v) is 4.97. The zero-order chi connectivity index (χ0) is 16.3. The number of ether oxygens (including phenoxy) is 1. The lowest BCUT2D eigenvalue weighted by Crippen LogP contribution is -2.21. The van der Waals surface area contributed by atoms with Crippen molar-refractivity contribution in [1.82, 2.24) is 4.90 Å². The number of para-hydroxylation sites is 1. The summed E-state index contributed by atoms with van der Waals surface area (Å²) in [4.78, 5) is 24.8. The lowest BCUT2D eigenvalue weighted by molar-refractivity contribution is 0.0693. The highest BCUT2D eigenvalue weighted by molar-refractivity contribution is 5.97. The molecule has 2 aromatic carbocycles. The molecule has 5 heteroatoms. The van der Waals surface area contributed by atoms with Crippen LogP contribution in [0.5, 0.6) is 5.75 Å². The quantitative estimate of drug-likeness (QED) is 0.942. The summed E-state index contributed by atoms with van der Waals surface area (Å²) < 4.78 is 5.26. The van der Waals surface area contributed by atoms with Gasteiger partial charge in [-0.15, -0.1) is 0 Å². The molecule has 0 spiro atoms. The molecule has 0 heterocycles. The van der Waals surface area contributed by atoms with E-state index in [1.54, 1.807) is 44.4 Å². The highest BCUT2D eigenvalue weighted by Crippen LogP contribution is 2.33. The first kappa shape index (κ1) is 15.6. The fourth-order valence-electron chi connectivity index (χ4n) is 2.23. The minimum Gasteiger partial charge on any atom is -0.495 e. The van der Waals surface area contributed by atoms with Gasteiger partial charge in [0.15, 0.2) is 0 Å². The number of carboxylic acids is 1. The molecule has 0 bridgehead atoms.